The van der Waals surface area contributed by atoms with Crippen LogP contribution in [0.1, 0.15) is 40.3 Å². The monoisotopic (exact) mass is 312 g/mol. The lowest BCUT2D eigenvalue weighted by Gasteiger charge is -2.22. The molecule has 0 heterocycles. The van der Waals surface area contributed by atoms with Crippen LogP contribution in [0.15, 0.2) is 36.4 Å². The third-order valence-electron chi connectivity index (χ3n) is 4.39. The molecule has 1 aliphatic rings. The maximum Gasteiger partial charge on any atom is 0.0693 e. The average Bonchev–Trinajstić information content (AvgIpc) is 2.46. The fraction of sp³-hybridized carbons (Fsp3) is 0.263. The van der Waals surface area contributed by atoms with Crippen LogP contribution in [-0.4, -0.2) is 11.4 Å². The molecule has 0 aliphatic heterocycles. The van der Waals surface area contributed by atoms with Gasteiger partial charge in [-0.15, -0.1) is 12.4 Å². The second-order valence-electron chi connectivity index (χ2n) is 5.73. The molecule has 22 heavy (non-hydrogen) atoms. The molecule has 0 amide bonds. The minimum absolute atomic E-state index is 0. The van der Waals surface area contributed by atoms with Gasteiger partial charge in [0.05, 0.1) is 5.71 Å². The van der Waals surface area contributed by atoms with Crippen molar-refractivity contribution in [2.24, 2.45) is 0 Å². The van der Waals surface area contributed by atoms with Crippen LogP contribution in [0.4, 0.5) is 0 Å². The highest BCUT2D eigenvalue weighted by molar-refractivity contribution is 6.15. The molecule has 0 fully saturated rings. The first-order valence-electron chi connectivity index (χ1n) is 7.46. The maximum atomic E-state index is 8.70. The Kier molecular flexibility index (Phi) is 4.82. The van der Waals surface area contributed by atoms with Crippen LogP contribution in [0.3, 0.4) is 0 Å². The smallest absolute Gasteiger partial charge is 0.0693 e. The van der Waals surface area contributed by atoms with Gasteiger partial charge in [-0.1, -0.05) is 43.3 Å². The maximum absolute atomic E-state index is 8.70. The summed E-state index contributed by atoms with van der Waals surface area (Å²) in [5.74, 6) is 0. The molecule has 0 spiro atoms. The Morgan fingerprint density at radius 2 is 1.64 bits per heavy atom. The summed E-state index contributed by atoms with van der Waals surface area (Å²) in [6, 6.07) is 12.3. The summed E-state index contributed by atoms with van der Waals surface area (Å²) in [4.78, 5) is 0. The van der Waals surface area contributed by atoms with Gasteiger partial charge < -0.3 is 5.41 Å². The van der Waals surface area contributed by atoms with E-state index in [2.05, 4.69) is 26.0 Å². The Morgan fingerprint density at radius 3 is 2.36 bits per heavy atom. The first-order chi connectivity index (χ1) is 10.1. The molecule has 3 heteroatoms. The van der Waals surface area contributed by atoms with Crippen molar-refractivity contribution in [3.05, 3.63) is 69.8 Å². The zero-order valence-corrected chi connectivity index (χ0v) is 13.8. The van der Waals surface area contributed by atoms with Crippen LogP contribution in [0.2, 0.25) is 0 Å². The van der Waals surface area contributed by atoms with Gasteiger partial charge >= 0.3 is 0 Å². The second kappa shape index (κ2) is 6.45. The molecule has 0 saturated heterocycles. The van der Waals surface area contributed by atoms with E-state index < -0.39 is 0 Å². The number of halogens is 1. The van der Waals surface area contributed by atoms with Gasteiger partial charge in [-0.25, -0.2) is 0 Å². The summed E-state index contributed by atoms with van der Waals surface area (Å²) < 4.78 is 0. The predicted octanol–water partition coefficient (Wildman–Crippen LogP) is 4.51. The second-order valence-corrected chi connectivity index (χ2v) is 5.73. The number of hydrogen-bond donors (Lipinski definition) is 2. The molecule has 0 unspecified atom stereocenters. The topological polar surface area (TPSA) is 47.7 Å². The first-order valence-corrected chi connectivity index (χ1v) is 7.46. The quantitative estimate of drug-likeness (QED) is 0.778. The van der Waals surface area contributed by atoms with Gasteiger partial charge in [0.1, 0.15) is 0 Å². The van der Waals surface area contributed by atoms with Gasteiger partial charge in [-0.3, -0.25) is 5.41 Å². The normalized spacial score (nSPS) is 13.5. The SMILES string of the molecule is CCc1ccc2c(c1C)C(=N)c1ccccc1CC(=N)C2.Cl. The number of benzene rings is 2. The summed E-state index contributed by atoms with van der Waals surface area (Å²) in [5, 5.41) is 16.9. The van der Waals surface area contributed by atoms with Gasteiger partial charge in [-0.2, -0.15) is 0 Å². The van der Waals surface area contributed by atoms with E-state index in [9.17, 15) is 0 Å². The standard InChI is InChI=1S/C19H20N2.ClH/c1-3-13-8-9-15-11-16(20)10-14-6-4-5-7-17(14)19(21)18(15)12(13)2;/h4-9,20-21H,3,10-11H2,1-2H3;1H. The number of rotatable bonds is 1. The summed E-state index contributed by atoms with van der Waals surface area (Å²) >= 11 is 0. The molecular weight excluding hydrogens is 292 g/mol. The highest BCUT2D eigenvalue weighted by Gasteiger charge is 2.21. The molecule has 0 aromatic heterocycles. The molecule has 0 bridgehead atoms. The lowest BCUT2D eigenvalue weighted by Crippen LogP contribution is -2.19. The average molecular weight is 313 g/mol. The van der Waals surface area contributed by atoms with E-state index in [1.807, 2.05) is 24.3 Å². The number of aryl methyl sites for hydroxylation is 1. The van der Waals surface area contributed by atoms with Crippen LogP contribution in [0, 0.1) is 17.7 Å². The Morgan fingerprint density at radius 1 is 0.955 bits per heavy atom. The van der Waals surface area contributed by atoms with Crippen molar-refractivity contribution < 1.29 is 0 Å². The third-order valence-corrected chi connectivity index (χ3v) is 4.39. The van der Waals surface area contributed by atoms with Gasteiger partial charge in [0.15, 0.2) is 0 Å². The lowest BCUT2D eigenvalue weighted by molar-refractivity contribution is 1.08. The summed E-state index contributed by atoms with van der Waals surface area (Å²) in [6.07, 6.45) is 2.27. The van der Waals surface area contributed by atoms with E-state index in [-0.39, 0.29) is 12.4 Å². The fourth-order valence-corrected chi connectivity index (χ4v) is 3.26. The molecule has 114 valence electrons. The molecule has 0 atom stereocenters. The van der Waals surface area contributed by atoms with Crippen molar-refractivity contribution in [1.82, 2.24) is 0 Å². The van der Waals surface area contributed by atoms with Crippen molar-refractivity contribution in [2.75, 3.05) is 0 Å². The molecule has 2 N–H and O–H groups in total. The number of nitrogens with one attached hydrogen (secondary N) is 2. The number of hydrogen-bond acceptors (Lipinski definition) is 2. The van der Waals surface area contributed by atoms with Crippen molar-refractivity contribution in [3.63, 3.8) is 0 Å². The van der Waals surface area contributed by atoms with Crippen molar-refractivity contribution in [2.45, 2.75) is 33.1 Å². The highest BCUT2D eigenvalue weighted by Crippen LogP contribution is 2.27. The van der Waals surface area contributed by atoms with E-state index in [0.717, 1.165) is 34.4 Å². The molecule has 2 aromatic carbocycles. The van der Waals surface area contributed by atoms with Crippen molar-refractivity contribution in [1.29, 1.82) is 10.8 Å². The van der Waals surface area contributed by atoms with E-state index in [1.54, 1.807) is 0 Å². The zero-order valence-electron chi connectivity index (χ0n) is 13.0. The van der Waals surface area contributed by atoms with Gasteiger partial charge in [0, 0.05) is 29.7 Å². The van der Waals surface area contributed by atoms with Gasteiger partial charge in [0.25, 0.3) is 0 Å². The fourth-order valence-electron chi connectivity index (χ4n) is 3.26. The van der Waals surface area contributed by atoms with E-state index in [1.165, 1.54) is 11.1 Å². The van der Waals surface area contributed by atoms with Crippen LogP contribution < -0.4 is 0 Å². The Hall–Kier alpha value is -1.93. The first kappa shape index (κ1) is 16.4. The molecule has 1 aliphatic carbocycles. The summed E-state index contributed by atoms with van der Waals surface area (Å²) in [6.45, 7) is 4.26. The Balaban J connectivity index is 0.00000176. The molecule has 0 radical (unpaired) electrons. The highest BCUT2D eigenvalue weighted by atomic mass is 35.5. The summed E-state index contributed by atoms with van der Waals surface area (Å²) in [7, 11) is 0. The molecule has 2 nitrogen and oxygen atoms in total. The minimum atomic E-state index is 0. The third kappa shape index (κ3) is 2.71. The zero-order chi connectivity index (χ0) is 15.0. The van der Waals surface area contributed by atoms with E-state index in [0.29, 0.717) is 18.6 Å². The molecule has 0 saturated carbocycles. The van der Waals surface area contributed by atoms with Crippen LogP contribution in [0.5, 0.6) is 0 Å². The van der Waals surface area contributed by atoms with E-state index >= 15 is 0 Å². The summed E-state index contributed by atoms with van der Waals surface area (Å²) in [5.41, 5.74) is 8.05. The van der Waals surface area contributed by atoms with Crippen LogP contribution >= 0.6 is 12.4 Å². The van der Waals surface area contributed by atoms with Crippen LogP contribution in [-0.2, 0) is 19.3 Å². The number of fused-ring (bicyclic) bond motifs is 2. The lowest BCUT2D eigenvalue weighted by atomic mass is 9.83. The van der Waals surface area contributed by atoms with E-state index in [4.69, 9.17) is 10.8 Å². The van der Waals surface area contributed by atoms with Crippen molar-refractivity contribution >= 4 is 23.8 Å². The predicted molar refractivity (Wildman–Crippen MR) is 95.3 cm³/mol. The van der Waals surface area contributed by atoms with Crippen molar-refractivity contribution in [3.8, 4) is 0 Å². The van der Waals surface area contributed by atoms with Gasteiger partial charge in [-0.05, 0) is 35.6 Å². The molecular formula is C19H21ClN2. The van der Waals surface area contributed by atoms with Gasteiger partial charge in [0.2, 0.25) is 0 Å². The minimum Gasteiger partial charge on any atom is -0.309 e. The molecule has 2 aromatic rings. The molecule has 3 rings (SSSR count). The van der Waals surface area contributed by atoms with Crippen LogP contribution in [0.25, 0.3) is 0 Å². The Labute approximate surface area is 138 Å². The largest absolute Gasteiger partial charge is 0.309 e. The Bertz CT molecular complexity index is 747.